The third-order valence-electron chi connectivity index (χ3n) is 3.60. The summed E-state index contributed by atoms with van der Waals surface area (Å²) in [4.78, 5) is 12.2. The summed E-state index contributed by atoms with van der Waals surface area (Å²) in [5.74, 6) is 0.464. The molecule has 1 saturated carbocycles. The predicted molar refractivity (Wildman–Crippen MR) is 64.6 cm³/mol. The maximum atomic E-state index is 10.1. The van der Waals surface area contributed by atoms with Crippen LogP contribution in [0, 0.1) is 5.92 Å². The van der Waals surface area contributed by atoms with E-state index in [9.17, 15) is 10.2 Å². The van der Waals surface area contributed by atoms with E-state index in [0.717, 1.165) is 0 Å². The van der Waals surface area contributed by atoms with Crippen molar-refractivity contribution in [2.75, 3.05) is 12.3 Å². The van der Waals surface area contributed by atoms with Crippen LogP contribution in [0.4, 0.5) is 5.82 Å². The second-order valence-corrected chi connectivity index (χ2v) is 4.74. The molecule has 3 rings (SSSR count). The van der Waals surface area contributed by atoms with Crippen molar-refractivity contribution >= 4 is 17.0 Å². The fourth-order valence-corrected chi connectivity index (χ4v) is 2.65. The lowest BCUT2D eigenvalue weighted by Crippen LogP contribution is -2.17. The number of rotatable bonds is 2. The van der Waals surface area contributed by atoms with Gasteiger partial charge in [-0.15, -0.1) is 0 Å². The molecule has 0 radical (unpaired) electrons. The number of anilines is 1. The molecule has 0 spiro atoms. The van der Waals surface area contributed by atoms with Gasteiger partial charge in [-0.3, -0.25) is 0 Å². The molecule has 3 atom stereocenters. The van der Waals surface area contributed by atoms with Crippen LogP contribution in [0.1, 0.15) is 18.9 Å². The Morgan fingerprint density at radius 2 is 2.17 bits per heavy atom. The van der Waals surface area contributed by atoms with Gasteiger partial charge in [-0.1, -0.05) is 0 Å². The van der Waals surface area contributed by atoms with Crippen LogP contribution in [0.15, 0.2) is 12.7 Å². The van der Waals surface area contributed by atoms with Crippen LogP contribution in [0.2, 0.25) is 0 Å². The summed E-state index contributed by atoms with van der Waals surface area (Å²) in [7, 11) is 0. The van der Waals surface area contributed by atoms with E-state index in [1.165, 1.54) is 6.33 Å². The van der Waals surface area contributed by atoms with E-state index in [-0.39, 0.29) is 18.6 Å². The molecule has 2 aromatic rings. The summed E-state index contributed by atoms with van der Waals surface area (Å²) < 4.78 is 1.83. The number of aliphatic hydroxyl groups excluding tert-OH is 2. The Morgan fingerprint density at radius 3 is 2.89 bits per heavy atom. The summed E-state index contributed by atoms with van der Waals surface area (Å²) in [5, 5.41) is 19.2. The second kappa shape index (κ2) is 4.18. The standard InChI is InChI=1S/C11H15N5O2/c12-10-9-11(14-4-13-10)16(5-15-9)7-1-6(3-17)2-8(7)18/h4-8,17-18H,1-3H2,(H2,12,13,14)/t6-,7+,8+/m1/s1. The highest BCUT2D eigenvalue weighted by molar-refractivity contribution is 5.81. The SMILES string of the molecule is Nc1ncnc2c1ncn2[C@H]1C[C@@H](CO)C[C@@H]1O. The molecule has 0 amide bonds. The van der Waals surface area contributed by atoms with Crippen molar-refractivity contribution in [1.29, 1.82) is 0 Å². The average molecular weight is 249 g/mol. The first-order chi connectivity index (χ1) is 8.70. The monoisotopic (exact) mass is 249 g/mol. The average Bonchev–Trinajstić information content (AvgIpc) is 2.93. The zero-order chi connectivity index (χ0) is 12.7. The van der Waals surface area contributed by atoms with Crippen LogP contribution in [-0.2, 0) is 0 Å². The molecule has 0 unspecified atom stereocenters. The highest BCUT2D eigenvalue weighted by Gasteiger charge is 2.34. The maximum Gasteiger partial charge on any atom is 0.165 e. The van der Waals surface area contributed by atoms with Gasteiger partial charge in [0.05, 0.1) is 18.5 Å². The van der Waals surface area contributed by atoms with Gasteiger partial charge in [0.25, 0.3) is 0 Å². The van der Waals surface area contributed by atoms with Crippen molar-refractivity contribution in [2.45, 2.75) is 25.0 Å². The van der Waals surface area contributed by atoms with Gasteiger partial charge in [0.2, 0.25) is 0 Å². The summed E-state index contributed by atoms with van der Waals surface area (Å²) in [5.41, 5.74) is 6.91. The highest BCUT2D eigenvalue weighted by atomic mass is 16.3. The molecular formula is C11H15N5O2. The molecule has 1 fully saturated rings. The fraction of sp³-hybridized carbons (Fsp3) is 0.545. The molecule has 2 heterocycles. The molecule has 0 aliphatic heterocycles. The van der Waals surface area contributed by atoms with Gasteiger partial charge in [-0.2, -0.15) is 0 Å². The van der Waals surface area contributed by atoms with E-state index >= 15 is 0 Å². The number of fused-ring (bicyclic) bond motifs is 1. The van der Waals surface area contributed by atoms with E-state index in [1.807, 2.05) is 4.57 Å². The number of nitrogen functional groups attached to an aromatic ring is 1. The number of hydrogen-bond donors (Lipinski definition) is 3. The van der Waals surface area contributed by atoms with Crippen LogP contribution in [0.25, 0.3) is 11.2 Å². The zero-order valence-corrected chi connectivity index (χ0v) is 9.77. The van der Waals surface area contributed by atoms with E-state index in [2.05, 4.69) is 15.0 Å². The summed E-state index contributed by atoms with van der Waals surface area (Å²) in [6, 6.07) is -0.110. The first kappa shape index (κ1) is 11.4. The first-order valence-electron chi connectivity index (χ1n) is 5.92. The van der Waals surface area contributed by atoms with Crippen molar-refractivity contribution in [2.24, 2.45) is 5.92 Å². The molecule has 0 bridgehead atoms. The Kier molecular flexibility index (Phi) is 2.64. The quantitative estimate of drug-likeness (QED) is 0.674. The number of imidazole rings is 1. The smallest absolute Gasteiger partial charge is 0.165 e. The zero-order valence-electron chi connectivity index (χ0n) is 9.77. The molecule has 0 saturated heterocycles. The molecule has 7 heteroatoms. The number of aliphatic hydroxyl groups is 2. The normalized spacial score (nSPS) is 28.0. The minimum absolute atomic E-state index is 0.0946. The van der Waals surface area contributed by atoms with Crippen LogP contribution in [0.5, 0.6) is 0 Å². The van der Waals surface area contributed by atoms with Gasteiger partial charge in [-0.25, -0.2) is 15.0 Å². The molecule has 7 nitrogen and oxygen atoms in total. The van der Waals surface area contributed by atoms with Crippen LogP contribution in [-0.4, -0.2) is 42.4 Å². The van der Waals surface area contributed by atoms with E-state index in [4.69, 9.17) is 5.73 Å². The Bertz CT molecular complexity index is 570. The Hall–Kier alpha value is -1.73. The van der Waals surface area contributed by atoms with E-state index in [1.54, 1.807) is 6.33 Å². The highest BCUT2D eigenvalue weighted by Crippen LogP contribution is 2.36. The molecule has 4 N–H and O–H groups in total. The molecular weight excluding hydrogens is 234 g/mol. The minimum atomic E-state index is -0.490. The van der Waals surface area contributed by atoms with Crippen molar-refractivity contribution in [3.05, 3.63) is 12.7 Å². The Labute approximate surface area is 103 Å². The van der Waals surface area contributed by atoms with Gasteiger partial charge in [0.15, 0.2) is 11.5 Å². The third-order valence-corrected chi connectivity index (χ3v) is 3.60. The van der Waals surface area contributed by atoms with Gasteiger partial charge < -0.3 is 20.5 Å². The number of aromatic nitrogens is 4. The van der Waals surface area contributed by atoms with Crippen molar-refractivity contribution in [1.82, 2.24) is 19.5 Å². The van der Waals surface area contributed by atoms with Crippen molar-refractivity contribution in [3.63, 3.8) is 0 Å². The number of hydrogen-bond acceptors (Lipinski definition) is 6. The van der Waals surface area contributed by atoms with Gasteiger partial charge >= 0.3 is 0 Å². The Balaban J connectivity index is 2.02. The van der Waals surface area contributed by atoms with E-state index < -0.39 is 6.10 Å². The Morgan fingerprint density at radius 1 is 1.33 bits per heavy atom. The molecule has 1 aliphatic rings. The largest absolute Gasteiger partial charge is 0.396 e. The van der Waals surface area contributed by atoms with Crippen LogP contribution < -0.4 is 5.73 Å². The minimum Gasteiger partial charge on any atom is -0.396 e. The lowest BCUT2D eigenvalue weighted by molar-refractivity contribution is 0.132. The van der Waals surface area contributed by atoms with Gasteiger partial charge in [0, 0.05) is 6.61 Å². The van der Waals surface area contributed by atoms with Gasteiger partial charge in [-0.05, 0) is 18.8 Å². The van der Waals surface area contributed by atoms with Gasteiger partial charge in [0.1, 0.15) is 11.8 Å². The van der Waals surface area contributed by atoms with Crippen molar-refractivity contribution in [3.8, 4) is 0 Å². The lowest BCUT2D eigenvalue weighted by Gasteiger charge is -2.16. The molecule has 2 aromatic heterocycles. The maximum absolute atomic E-state index is 10.1. The van der Waals surface area contributed by atoms with E-state index in [0.29, 0.717) is 29.8 Å². The molecule has 96 valence electrons. The summed E-state index contributed by atoms with van der Waals surface area (Å²) in [6.45, 7) is 0.0946. The topological polar surface area (TPSA) is 110 Å². The molecule has 0 aromatic carbocycles. The van der Waals surface area contributed by atoms with Crippen LogP contribution in [0.3, 0.4) is 0 Å². The number of nitrogens with zero attached hydrogens (tertiary/aromatic N) is 4. The first-order valence-corrected chi connectivity index (χ1v) is 5.92. The lowest BCUT2D eigenvalue weighted by atomic mass is 10.1. The fourth-order valence-electron chi connectivity index (χ4n) is 2.65. The summed E-state index contributed by atoms with van der Waals surface area (Å²) in [6.07, 6.45) is 3.84. The third kappa shape index (κ3) is 1.63. The van der Waals surface area contributed by atoms with Crippen LogP contribution >= 0.6 is 0 Å². The number of nitrogens with two attached hydrogens (primary N) is 1. The second-order valence-electron chi connectivity index (χ2n) is 4.74. The predicted octanol–water partition coefficient (Wildman–Crippen LogP) is -0.287. The summed E-state index contributed by atoms with van der Waals surface area (Å²) >= 11 is 0. The molecule has 18 heavy (non-hydrogen) atoms. The molecule has 1 aliphatic carbocycles. The van der Waals surface area contributed by atoms with Crippen molar-refractivity contribution < 1.29 is 10.2 Å².